The van der Waals surface area contributed by atoms with E-state index < -0.39 is 0 Å². The molecule has 1 aromatic rings. The second-order valence-corrected chi connectivity index (χ2v) is 2.06. The lowest BCUT2D eigenvalue weighted by Gasteiger charge is -1.95. The maximum absolute atomic E-state index is 3.69. The van der Waals surface area contributed by atoms with Crippen LogP contribution in [0.5, 0.6) is 0 Å². The Morgan fingerprint density at radius 3 is 2.44 bits per heavy atom. The highest BCUT2D eigenvalue weighted by molar-refractivity contribution is 5.50. The molecule has 0 spiro atoms. The summed E-state index contributed by atoms with van der Waals surface area (Å²) in [5.41, 5.74) is 2.50. The summed E-state index contributed by atoms with van der Waals surface area (Å²) in [6.45, 7) is 5.77. The van der Waals surface area contributed by atoms with Gasteiger partial charge in [-0.25, -0.2) is 0 Å². The summed E-state index contributed by atoms with van der Waals surface area (Å²) >= 11 is 0. The molecule has 0 atom stereocenters. The third kappa shape index (κ3) is 1.20. The third-order valence-corrected chi connectivity index (χ3v) is 1.41. The second-order valence-electron chi connectivity index (χ2n) is 2.06. The van der Waals surface area contributed by atoms with Gasteiger partial charge < -0.3 is 0 Å². The summed E-state index contributed by atoms with van der Waals surface area (Å²) in [6, 6.07) is 8.19. The Hall–Kier alpha value is -1.04. The fourth-order valence-corrected chi connectivity index (χ4v) is 0.816. The van der Waals surface area contributed by atoms with Crippen LogP contribution in [-0.4, -0.2) is 0 Å². The lowest BCUT2D eigenvalue weighted by molar-refractivity contribution is 1.45. The average Bonchev–Trinajstić information content (AvgIpc) is 1.89. The molecular formula is C9H10. The molecule has 0 aromatic heterocycles. The van der Waals surface area contributed by atoms with E-state index in [1.54, 1.807) is 0 Å². The van der Waals surface area contributed by atoms with Gasteiger partial charge >= 0.3 is 0 Å². The first kappa shape index (κ1) is 6.09. The molecule has 0 N–H and O–H groups in total. The van der Waals surface area contributed by atoms with Gasteiger partial charge in [0.15, 0.2) is 0 Å². The maximum atomic E-state index is 3.69. The van der Waals surface area contributed by atoms with Gasteiger partial charge in [0, 0.05) is 0 Å². The summed E-state index contributed by atoms with van der Waals surface area (Å²) in [7, 11) is 0. The van der Waals surface area contributed by atoms with Gasteiger partial charge in [-0.3, -0.25) is 0 Å². The molecule has 0 nitrogen and oxygen atoms in total. The topological polar surface area (TPSA) is 0 Å². The van der Waals surface area contributed by atoms with Gasteiger partial charge in [0.2, 0.25) is 0 Å². The monoisotopic (exact) mass is 118 g/mol. The molecule has 9 heavy (non-hydrogen) atoms. The molecule has 0 aliphatic rings. The summed E-state index contributed by atoms with van der Waals surface area (Å²) in [5, 5.41) is 0. The number of benzene rings is 1. The molecule has 0 saturated heterocycles. The second kappa shape index (κ2) is 2.49. The van der Waals surface area contributed by atoms with Crippen molar-refractivity contribution in [3.63, 3.8) is 0 Å². The third-order valence-electron chi connectivity index (χ3n) is 1.41. The zero-order valence-electron chi connectivity index (χ0n) is 5.59. The lowest BCUT2D eigenvalue weighted by atomic mass is 10.1. The van der Waals surface area contributed by atoms with Crippen molar-refractivity contribution in [2.24, 2.45) is 0 Å². The molecular weight excluding hydrogens is 108 g/mol. The number of aryl methyl sites for hydroxylation is 1. The molecule has 0 radical (unpaired) electrons. The first-order chi connectivity index (χ1) is 4.34. The van der Waals surface area contributed by atoms with Crippen LogP contribution in [0.1, 0.15) is 11.1 Å². The lowest BCUT2D eigenvalue weighted by Crippen LogP contribution is -1.75. The Labute approximate surface area is 55.8 Å². The Bertz CT molecular complexity index is 211. The van der Waals surface area contributed by atoms with Gasteiger partial charge in [0.05, 0.1) is 0 Å². The van der Waals surface area contributed by atoms with Gasteiger partial charge in [-0.05, 0) is 18.1 Å². The predicted octanol–water partition coefficient (Wildman–Crippen LogP) is 2.64. The van der Waals surface area contributed by atoms with Crippen LogP contribution in [0, 0.1) is 6.92 Å². The summed E-state index contributed by atoms with van der Waals surface area (Å²) in [6.07, 6.45) is 1.87. The van der Waals surface area contributed by atoms with Gasteiger partial charge in [-0.15, -0.1) is 0 Å². The van der Waals surface area contributed by atoms with Crippen LogP contribution in [0.4, 0.5) is 0 Å². The normalized spacial score (nSPS) is 9.00. The van der Waals surface area contributed by atoms with E-state index in [1.807, 2.05) is 18.2 Å². The van der Waals surface area contributed by atoms with Crippen LogP contribution in [0.15, 0.2) is 30.8 Å². The first-order valence-corrected chi connectivity index (χ1v) is 3.02. The molecule has 0 aliphatic heterocycles. The quantitative estimate of drug-likeness (QED) is 0.531. The van der Waals surface area contributed by atoms with Crippen LogP contribution in [0.3, 0.4) is 0 Å². The van der Waals surface area contributed by atoms with Crippen LogP contribution in [0.25, 0.3) is 6.08 Å². The van der Waals surface area contributed by atoms with Gasteiger partial charge in [0.25, 0.3) is 0 Å². The van der Waals surface area contributed by atoms with Crippen molar-refractivity contribution in [2.45, 2.75) is 6.92 Å². The molecule has 0 heterocycles. The molecule has 0 bridgehead atoms. The van der Waals surface area contributed by atoms with Crippen molar-refractivity contribution in [3.05, 3.63) is 42.0 Å². The van der Waals surface area contributed by atoms with Crippen molar-refractivity contribution in [1.82, 2.24) is 0 Å². The molecule has 1 rings (SSSR count). The number of hydrogen-bond acceptors (Lipinski definition) is 0. The van der Waals surface area contributed by atoms with E-state index in [1.165, 1.54) is 11.1 Å². The Balaban J connectivity index is 3.15. The van der Waals surface area contributed by atoms with Crippen molar-refractivity contribution in [2.75, 3.05) is 0 Å². The molecule has 0 saturated carbocycles. The standard InChI is InChI=1S/C9H10/c1-3-9-7-5-4-6-8(9)2/h3-7H,1H2,2H3. The van der Waals surface area contributed by atoms with E-state index in [4.69, 9.17) is 0 Å². The highest BCUT2D eigenvalue weighted by atomic mass is 13.9. The minimum atomic E-state index is 1.22. The highest BCUT2D eigenvalue weighted by Crippen LogP contribution is 2.06. The van der Waals surface area contributed by atoms with Gasteiger partial charge in [-0.1, -0.05) is 36.9 Å². The van der Waals surface area contributed by atoms with E-state index in [0.717, 1.165) is 0 Å². The molecule has 46 valence electrons. The van der Waals surface area contributed by atoms with E-state index in [9.17, 15) is 0 Å². The maximum Gasteiger partial charge on any atom is -0.0233 e. The summed E-state index contributed by atoms with van der Waals surface area (Å²) in [5.74, 6) is 0. The SMILES string of the molecule is C=Cc1ccccc1C. The Morgan fingerprint density at radius 1 is 1.33 bits per heavy atom. The van der Waals surface area contributed by atoms with Crippen LogP contribution in [-0.2, 0) is 0 Å². The summed E-state index contributed by atoms with van der Waals surface area (Å²) < 4.78 is 0. The molecule has 0 unspecified atom stereocenters. The fourth-order valence-electron chi connectivity index (χ4n) is 0.816. The number of hydrogen-bond donors (Lipinski definition) is 0. The molecule has 0 amide bonds. The first-order valence-electron chi connectivity index (χ1n) is 3.02. The van der Waals surface area contributed by atoms with Crippen molar-refractivity contribution >= 4 is 6.08 Å². The zero-order chi connectivity index (χ0) is 6.69. The van der Waals surface area contributed by atoms with E-state index in [0.29, 0.717) is 0 Å². The molecule has 0 fully saturated rings. The molecule has 0 heteroatoms. The molecule has 0 aliphatic carbocycles. The van der Waals surface area contributed by atoms with Crippen molar-refractivity contribution < 1.29 is 0 Å². The molecule has 1 aromatic carbocycles. The van der Waals surface area contributed by atoms with Crippen LogP contribution < -0.4 is 0 Å². The van der Waals surface area contributed by atoms with Crippen molar-refractivity contribution in [3.8, 4) is 0 Å². The largest absolute Gasteiger partial charge is 0.0985 e. The zero-order valence-corrected chi connectivity index (χ0v) is 5.59. The van der Waals surface area contributed by atoms with E-state index >= 15 is 0 Å². The predicted molar refractivity (Wildman–Crippen MR) is 41.3 cm³/mol. The van der Waals surface area contributed by atoms with Gasteiger partial charge in [-0.2, -0.15) is 0 Å². The fraction of sp³-hybridized carbons (Fsp3) is 0.111. The van der Waals surface area contributed by atoms with Crippen molar-refractivity contribution in [1.29, 1.82) is 0 Å². The Morgan fingerprint density at radius 2 is 2.00 bits per heavy atom. The van der Waals surface area contributed by atoms with E-state index in [2.05, 4.69) is 25.6 Å². The highest BCUT2D eigenvalue weighted by Gasteiger charge is 1.86. The minimum Gasteiger partial charge on any atom is -0.0985 e. The van der Waals surface area contributed by atoms with Crippen LogP contribution in [0.2, 0.25) is 0 Å². The number of rotatable bonds is 1. The average molecular weight is 118 g/mol. The smallest absolute Gasteiger partial charge is 0.0233 e. The Kier molecular flexibility index (Phi) is 1.69. The summed E-state index contributed by atoms with van der Waals surface area (Å²) in [4.78, 5) is 0. The van der Waals surface area contributed by atoms with Gasteiger partial charge in [0.1, 0.15) is 0 Å². The van der Waals surface area contributed by atoms with E-state index in [-0.39, 0.29) is 0 Å². The van der Waals surface area contributed by atoms with Crippen LogP contribution >= 0.6 is 0 Å². The minimum absolute atomic E-state index is 1.22.